The SMILES string of the molecule is CC(=O)Nc1cccc(OCC(N)=O)c1. The Bertz CT molecular complexity index is 377. The van der Waals surface area contributed by atoms with Crippen LogP contribution in [-0.4, -0.2) is 18.4 Å². The van der Waals surface area contributed by atoms with Gasteiger partial charge in [0.1, 0.15) is 5.75 Å². The maximum atomic E-state index is 10.8. The van der Waals surface area contributed by atoms with Gasteiger partial charge in [-0.05, 0) is 12.1 Å². The van der Waals surface area contributed by atoms with E-state index < -0.39 is 5.91 Å². The van der Waals surface area contributed by atoms with Crippen LogP contribution in [0.1, 0.15) is 6.92 Å². The lowest BCUT2D eigenvalue weighted by Crippen LogP contribution is -2.20. The monoisotopic (exact) mass is 208 g/mol. The highest BCUT2D eigenvalue weighted by Crippen LogP contribution is 2.16. The maximum absolute atomic E-state index is 10.8. The van der Waals surface area contributed by atoms with E-state index in [4.69, 9.17) is 10.5 Å². The molecule has 0 aliphatic carbocycles. The van der Waals surface area contributed by atoms with Crippen LogP contribution in [0.5, 0.6) is 5.75 Å². The van der Waals surface area contributed by atoms with E-state index in [9.17, 15) is 9.59 Å². The van der Waals surface area contributed by atoms with Crippen LogP contribution in [0.3, 0.4) is 0 Å². The summed E-state index contributed by atoms with van der Waals surface area (Å²) in [6.45, 7) is 1.24. The zero-order chi connectivity index (χ0) is 11.3. The summed E-state index contributed by atoms with van der Waals surface area (Å²) in [6.07, 6.45) is 0. The number of ether oxygens (including phenoxy) is 1. The van der Waals surface area contributed by atoms with Gasteiger partial charge < -0.3 is 15.8 Å². The number of nitrogens with one attached hydrogen (secondary N) is 1. The van der Waals surface area contributed by atoms with Gasteiger partial charge in [0, 0.05) is 18.7 Å². The molecular formula is C10H12N2O3. The normalized spacial score (nSPS) is 9.40. The van der Waals surface area contributed by atoms with Crippen molar-refractivity contribution in [3.8, 4) is 5.75 Å². The molecule has 1 aromatic rings. The highest BCUT2D eigenvalue weighted by Gasteiger charge is 2.00. The number of primary amides is 1. The summed E-state index contributed by atoms with van der Waals surface area (Å²) < 4.78 is 5.06. The van der Waals surface area contributed by atoms with E-state index in [0.29, 0.717) is 11.4 Å². The lowest BCUT2D eigenvalue weighted by Gasteiger charge is -2.06. The molecule has 5 nitrogen and oxygen atoms in total. The fraction of sp³-hybridized carbons (Fsp3) is 0.200. The number of hydrogen-bond acceptors (Lipinski definition) is 3. The third-order valence-corrected chi connectivity index (χ3v) is 1.54. The molecule has 0 fully saturated rings. The van der Waals surface area contributed by atoms with Crippen molar-refractivity contribution in [3.63, 3.8) is 0 Å². The summed E-state index contributed by atoms with van der Waals surface area (Å²) >= 11 is 0. The Morgan fingerprint density at radius 2 is 2.20 bits per heavy atom. The first kappa shape index (κ1) is 11.0. The van der Waals surface area contributed by atoms with Crippen molar-refractivity contribution in [1.29, 1.82) is 0 Å². The van der Waals surface area contributed by atoms with Gasteiger partial charge in [-0.15, -0.1) is 0 Å². The molecule has 1 aromatic carbocycles. The minimum atomic E-state index is -0.542. The summed E-state index contributed by atoms with van der Waals surface area (Å²) in [4.78, 5) is 21.2. The quantitative estimate of drug-likeness (QED) is 0.756. The smallest absolute Gasteiger partial charge is 0.255 e. The van der Waals surface area contributed by atoms with E-state index >= 15 is 0 Å². The molecule has 0 spiro atoms. The topological polar surface area (TPSA) is 81.4 Å². The first-order chi connectivity index (χ1) is 7.08. The number of rotatable bonds is 4. The molecule has 0 saturated carbocycles. The van der Waals surface area contributed by atoms with Gasteiger partial charge in [-0.1, -0.05) is 6.07 Å². The molecule has 5 heteroatoms. The molecule has 0 saturated heterocycles. The Balaban J connectivity index is 2.65. The average molecular weight is 208 g/mol. The highest BCUT2D eigenvalue weighted by molar-refractivity contribution is 5.88. The predicted octanol–water partition coefficient (Wildman–Crippen LogP) is 0.509. The number of carbonyl (C=O) groups excluding carboxylic acids is 2. The van der Waals surface area contributed by atoms with Crippen molar-refractivity contribution in [2.75, 3.05) is 11.9 Å². The molecule has 0 heterocycles. The van der Waals surface area contributed by atoms with Gasteiger partial charge in [0.15, 0.2) is 6.61 Å². The van der Waals surface area contributed by atoms with Crippen LogP contribution < -0.4 is 15.8 Å². The lowest BCUT2D eigenvalue weighted by atomic mass is 10.3. The van der Waals surface area contributed by atoms with E-state index in [2.05, 4.69) is 5.32 Å². The van der Waals surface area contributed by atoms with Gasteiger partial charge >= 0.3 is 0 Å². The largest absolute Gasteiger partial charge is 0.484 e. The highest BCUT2D eigenvalue weighted by atomic mass is 16.5. The Labute approximate surface area is 87.2 Å². The lowest BCUT2D eigenvalue weighted by molar-refractivity contribution is -0.120. The number of nitrogens with two attached hydrogens (primary N) is 1. The summed E-state index contributed by atoms with van der Waals surface area (Å²) in [7, 11) is 0. The van der Waals surface area contributed by atoms with Crippen LogP contribution in [0, 0.1) is 0 Å². The van der Waals surface area contributed by atoms with Crippen LogP contribution >= 0.6 is 0 Å². The maximum Gasteiger partial charge on any atom is 0.255 e. The van der Waals surface area contributed by atoms with Gasteiger partial charge in [0.2, 0.25) is 5.91 Å². The van der Waals surface area contributed by atoms with Crippen LogP contribution in [0.25, 0.3) is 0 Å². The van der Waals surface area contributed by atoms with Gasteiger partial charge in [-0.25, -0.2) is 0 Å². The van der Waals surface area contributed by atoms with Crippen molar-refractivity contribution in [1.82, 2.24) is 0 Å². The van der Waals surface area contributed by atoms with Crippen LogP contribution in [0.15, 0.2) is 24.3 Å². The third-order valence-electron chi connectivity index (χ3n) is 1.54. The van der Waals surface area contributed by atoms with E-state index in [0.717, 1.165) is 0 Å². The molecule has 0 bridgehead atoms. The van der Waals surface area contributed by atoms with E-state index in [1.807, 2.05) is 0 Å². The van der Waals surface area contributed by atoms with Crippen LogP contribution in [0.2, 0.25) is 0 Å². The zero-order valence-corrected chi connectivity index (χ0v) is 8.32. The molecule has 0 aliphatic rings. The number of carbonyl (C=O) groups is 2. The Hall–Kier alpha value is -2.04. The first-order valence-corrected chi connectivity index (χ1v) is 4.36. The second kappa shape index (κ2) is 4.99. The Kier molecular flexibility index (Phi) is 3.68. The molecule has 1 rings (SSSR count). The zero-order valence-electron chi connectivity index (χ0n) is 8.32. The van der Waals surface area contributed by atoms with Crippen molar-refractivity contribution >= 4 is 17.5 Å². The van der Waals surface area contributed by atoms with E-state index in [1.165, 1.54) is 6.92 Å². The third kappa shape index (κ3) is 4.12. The number of hydrogen-bond donors (Lipinski definition) is 2. The molecule has 15 heavy (non-hydrogen) atoms. The second-order valence-electron chi connectivity index (χ2n) is 2.96. The van der Waals surface area contributed by atoms with E-state index in [-0.39, 0.29) is 12.5 Å². The molecule has 0 radical (unpaired) electrons. The number of amides is 2. The number of benzene rings is 1. The standard InChI is InChI=1S/C10H12N2O3/c1-7(13)12-8-3-2-4-9(5-8)15-6-10(11)14/h2-5H,6H2,1H3,(H2,11,14)(H,12,13). The fourth-order valence-corrected chi connectivity index (χ4v) is 1.02. The van der Waals surface area contributed by atoms with E-state index in [1.54, 1.807) is 24.3 Å². The second-order valence-corrected chi connectivity index (χ2v) is 2.96. The summed E-state index contributed by atoms with van der Waals surface area (Å²) in [5, 5.41) is 2.60. The Morgan fingerprint density at radius 3 is 2.80 bits per heavy atom. The molecule has 0 unspecified atom stereocenters. The molecule has 2 amide bonds. The minimum absolute atomic E-state index is 0.165. The minimum Gasteiger partial charge on any atom is -0.484 e. The van der Waals surface area contributed by atoms with Crippen molar-refractivity contribution in [2.45, 2.75) is 6.92 Å². The molecule has 0 atom stereocenters. The molecule has 80 valence electrons. The summed E-state index contributed by atoms with van der Waals surface area (Å²) in [5.41, 5.74) is 5.54. The van der Waals surface area contributed by atoms with Gasteiger partial charge in [-0.3, -0.25) is 9.59 Å². The molecule has 0 aromatic heterocycles. The average Bonchev–Trinajstić information content (AvgIpc) is 2.14. The van der Waals surface area contributed by atoms with Crippen molar-refractivity contribution < 1.29 is 14.3 Å². The predicted molar refractivity (Wildman–Crippen MR) is 55.4 cm³/mol. The van der Waals surface area contributed by atoms with Gasteiger partial charge in [-0.2, -0.15) is 0 Å². The Morgan fingerprint density at radius 1 is 1.47 bits per heavy atom. The van der Waals surface area contributed by atoms with Gasteiger partial charge in [0.25, 0.3) is 5.91 Å². The fourth-order valence-electron chi connectivity index (χ4n) is 1.02. The van der Waals surface area contributed by atoms with Crippen LogP contribution in [0.4, 0.5) is 5.69 Å². The molecular weight excluding hydrogens is 196 g/mol. The van der Waals surface area contributed by atoms with Crippen LogP contribution in [-0.2, 0) is 9.59 Å². The first-order valence-electron chi connectivity index (χ1n) is 4.36. The summed E-state index contributed by atoms with van der Waals surface area (Å²) in [5.74, 6) is -0.220. The van der Waals surface area contributed by atoms with Crippen molar-refractivity contribution in [2.24, 2.45) is 5.73 Å². The molecule has 3 N–H and O–H groups in total. The van der Waals surface area contributed by atoms with Crippen molar-refractivity contribution in [3.05, 3.63) is 24.3 Å². The number of anilines is 1. The summed E-state index contributed by atoms with van der Waals surface area (Å²) in [6, 6.07) is 6.72. The molecule has 0 aliphatic heterocycles. The van der Waals surface area contributed by atoms with Gasteiger partial charge in [0.05, 0.1) is 0 Å².